The van der Waals surface area contributed by atoms with Crippen LogP contribution in [-0.4, -0.2) is 28.0 Å². The summed E-state index contributed by atoms with van der Waals surface area (Å²) in [5.74, 6) is 1.88. The Morgan fingerprint density at radius 3 is 3.00 bits per heavy atom. The highest BCUT2D eigenvalue weighted by Crippen LogP contribution is 2.30. The van der Waals surface area contributed by atoms with E-state index in [0.29, 0.717) is 5.39 Å². The molecule has 2 rings (SSSR count). The number of benzene rings is 1. The van der Waals surface area contributed by atoms with E-state index in [1.165, 1.54) is 12.3 Å². The van der Waals surface area contributed by atoms with Crippen molar-refractivity contribution in [2.75, 3.05) is 23.4 Å². The van der Waals surface area contributed by atoms with Crippen LogP contribution in [0.25, 0.3) is 10.8 Å². The van der Waals surface area contributed by atoms with Crippen LogP contribution in [0.2, 0.25) is 0 Å². The number of nitro benzene ring substituents is 1. The molecule has 0 radical (unpaired) electrons. The van der Waals surface area contributed by atoms with Crippen molar-refractivity contribution in [2.45, 2.75) is 0 Å². The Kier molecular flexibility index (Phi) is 4.95. The maximum atomic E-state index is 11.0. The zero-order chi connectivity index (χ0) is 14.4. The van der Waals surface area contributed by atoms with Gasteiger partial charge < -0.3 is 5.32 Å². The zero-order valence-electron chi connectivity index (χ0n) is 10.9. The molecule has 0 saturated carbocycles. The van der Waals surface area contributed by atoms with Gasteiger partial charge in [-0.2, -0.15) is 11.8 Å². The molecular formula is C14H15N3O2S. The van der Waals surface area contributed by atoms with E-state index >= 15 is 0 Å². The molecule has 0 aliphatic carbocycles. The number of hydrogen-bond donors (Lipinski definition) is 1. The van der Waals surface area contributed by atoms with E-state index in [1.54, 1.807) is 30.1 Å². The molecule has 0 atom stereocenters. The van der Waals surface area contributed by atoms with Crippen LogP contribution in [0.3, 0.4) is 0 Å². The molecule has 0 amide bonds. The molecule has 104 valence electrons. The lowest BCUT2D eigenvalue weighted by Crippen LogP contribution is -2.05. The van der Waals surface area contributed by atoms with Crippen LogP contribution in [0, 0.1) is 10.1 Å². The second kappa shape index (κ2) is 6.91. The van der Waals surface area contributed by atoms with Gasteiger partial charge in [0.2, 0.25) is 0 Å². The predicted octanol–water partition coefficient (Wildman–Crippen LogP) is 3.47. The molecular weight excluding hydrogens is 274 g/mol. The molecule has 0 bridgehead atoms. The Bertz CT molecular complexity index is 631. The lowest BCUT2D eigenvalue weighted by Gasteiger charge is -2.09. The first-order valence-corrected chi connectivity index (χ1v) is 7.33. The van der Waals surface area contributed by atoms with Crippen molar-refractivity contribution in [2.24, 2.45) is 0 Å². The van der Waals surface area contributed by atoms with Crippen molar-refractivity contribution in [3.8, 4) is 0 Å². The minimum Gasteiger partial charge on any atom is -0.384 e. The normalized spacial score (nSPS) is 10.4. The van der Waals surface area contributed by atoms with Gasteiger partial charge in [0.25, 0.3) is 5.69 Å². The van der Waals surface area contributed by atoms with Crippen LogP contribution in [0.5, 0.6) is 0 Å². The van der Waals surface area contributed by atoms with E-state index in [2.05, 4.69) is 16.9 Å². The molecule has 0 aliphatic heterocycles. The average molecular weight is 289 g/mol. The Balaban J connectivity index is 2.20. The molecule has 1 aromatic carbocycles. The summed E-state index contributed by atoms with van der Waals surface area (Å²) < 4.78 is 0. The Hall–Kier alpha value is -2.08. The van der Waals surface area contributed by atoms with Gasteiger partial charge in [0.15, 0.2) is 0 Å². The number of fused-ring (bicyclic) bond motifs is 1. The van der Waals surface area contributed by atoms with Gasteiger partial charge in [-0.25, -0.2) is 0 Å². The van der Waals surface area contributed by atoms with E-state index in [9.17, 15) is 10.1 Å². The first kappa shape index (κ1) is 14.3. The van der Waals surface area contributed by atoms with Crippen LogP contribution >= 0.6 is 11.8 Å². The van der Waals surface area contributed by atoms with Crippen LogP contribution in [0.4, 0.5) is 11.4 Å². The van der Waals surface area contributed by atoms with Crippen LogP contribution in [0.1, 0.15) is 0 Å². The summed E-state index contributed by atoms with van der Waals surface area (Å²) in [6.45, 7) is 4.47. The number of nitro groups is 1. The smallest absolute Gasteiger partial charge is 0.278 e. The molecule has 1 aromatic heterocycles. The molecule has 0 saturated heterocycles. The molecule has 6 heteroatoms. The van der Waals surface area contributed by atoms with Crippen molar-refractivity contribution in [3.05, 3.63) is 53.4 Å². The number of nitrogens with zero attached hydrogens (tertiary/aromatic N) is 2. The maximum Gasteiger partial charge on any atom is 0.278 e. The summed E-state index contributed by atoms with van der Waals surface area (Å²) in [6, 6.07) is 5.06. The lowest BCUT2D eigenvalue weighted by molar-refractivity contribution is -0.383. The number of rotatable bonds is 7. The Labute approximate surface area is 121 Å². The fourth-order valence-corrected chi connectivity index (χ4v) is 2.49. The fraction of sp³-hybridized carbons (Fsp3) is 0.214. The highest BCUT2D eigenvalue weighted by molar-refractivity contribution is 7.99. The third-order valence-corrected chi connectivity index (χ3v) is 3.75. The summed E-state index contributed by atoms with van der Waals surface area (Å²) in [4.78, 5) is 14.6. The van der Waals surface area contributed by atoms with Crippen molar-refractivity contribution < 1.29 is 4.92 Å². The molecule has 20 heavy (non-hydrogen) atoms. The van der Waals surface area contributed by atoms with Crippen LogP contribution < -0.4 is 5.32 Å². The number of pyridine rings is 1. The number of non-ortho nitro benzene ring substituents is 1. The predicted molar refractivity (Wildman–Crippen MR) is 84.4 cm³/mol. The van der Waals surface area contributed by atoms with Crippen molar-refractivity contribution >= 4 is 33.9 Å². The lowest BCUT2D eigenvalue weighted by atomic mass is 10.1. The number of thioether (sulfide) groups is 1. The summed E-state index contributed by atoms with van der Waals surface area (Å²) in [5, 5.41) is 15.7. The van der Waals surface area contributed by atoms with Crippen molar-refractivity contribution in [1.29, 1.82) is 0 Å². The maximum absolute atomic E-state index is 11.0. The van der Waals surface area contributed by atoms with Crippen LogP contribution in [-0.2, 0) is 0 Å². The second-order valence-corrected chi connectivity index (χ2v) is 5.25. The SMILES string of the molecule is C=CCSCCNc1ccc([N+](=O)[O-])c2cnccc12. The zero-order valence-corrected chi connectivity index (χ0v) is 11.7. The first-order valence-electron chi connectivity index (χ1n) is 6.17. The first-order chi connectivity index (χ1) is 9.74. The fourth-order valence-electron chi connectivity index (χ4n) is 1.91. The molecule has 5 nitrogen and oxygen atoms in total. The van der Waals surface area contributed by atoms with Gasteiger partial charge in [-0.1, -0.05) is 6.08 Å². The molecule has 1 heterocycles. The van der Waals surface area contributed by atoms with E-state index in [1.807, 2.05) is 6.08 Å². The van der Waals surface area contributed by atoms with E-state index < -0.39 is 0 Å². The van der Waals surface area contributed by atoms with Gasteiger partial charge in [0, 0.05) is 47.6 Å². The Morgan fingerprint density at radius 2 is 2.25 bits per heavy atom. The quantitative estimate of drug-likeness (QED) is 0.366. The van der Waals surface area contributed by atoms with Gasteiger partial charge in [-0.15, -0.1) is 6.58 Å². The van der Waals surface area contributed by atoms with Crippen LogP contribution in [0.15, 0.2) is 43.2 Å². The largest absolute Gasteiger partial charge is 0.384 e. The van der Waals surface area contributed by atoms with Crippen molar-refractivity contribution in [3.63, 3.8) is 0 Å². The molecule has 0 fully saturated rings. The van der Waals surface area contributed by atoms with E-state index in [-0.39, 0.29) is 10.6 Å². The number of hydrogen-bond acceptors (Lipinski definition) is 5. The minimum atomic E-state index is -0.381. The van der Waals surface area contributed by atoms with Gasteiger partial charge in [0.1, 0.15) is 0 Å². The highest BCUT2D eigenvalue weighted by atomic mass is 32.2. The van der Waals surface area contributed by atoms with Gasteiger partial charge in [0.05, 0.1) is 10.3 Å². The summed E-state index contributed by atoms with van der Waals surface area (Å²) in [6.07, 6.45) is 5.05. The molecule has 0 spiro atoms. The van der Waals surface area contributed by atoms with E-state index in [0.717, 1.165) is 29.1 Å². The molecule has 1 N–H and O–H groups in total. The second-order valence-electron chi connectivity index (χ2n) is 4.10. The Morgan fingerprint density at radius 1 is 1.40 bits per heavy atom. The highest BCUT2D eigenvalue weighted by Gasteiger charge is 2.13. The van der Waals surface area contributed by atoms with E-state index in [4.69, 9.17) is 0 Å². The van der Waals surface area contributed by atoms with Gasteiger partial charge >= 0.3 is 0 Å². The molecule has 2 aromatic rings. The van der Waals surface area contributed by atoms with Gasteiger partial charge in [-0.05, 0) is 12.1 Å². The summed E-state index contributed by atoms with van der Waals surface area (Å²) in [7, 11) is 0. The topological polar surface area (TPSA) is 68.1 Å². The van der Waals surface area contributed by atoms with Gasteiger partial charge in [-0.3, -0.25) is 15.1 Å². The number of anilines is 1. The molecule has 0 unspecified atom stereocenters. The van der Waals surface area contributed by atoms with Crippen molar-refractivity contribution in [1.82, 2.24) is 4.98 Å². The summed E-state index contributed by atoms with van der Waals surface area (Å²) in [5.41, 5.74) is 0.979. The summed E-state index contributed by atoms with van der Waals surface area (Å²) >= 11 is 1.78. The number of aromatic nitrogens is 1. The third-order valence-electron chi connectivity index (χ3n) is 2.79. The third kappa shape index (κ3) is 3.27. The standard InChI is InChI=1S/C14H15N3O2S/c1-2-8-20-9-7-16-13-3-4-14(17(18)19)12-10-15-6-5-11(12)13/h2-6,10,16H,1,7-9H2. The molecule has 0 aliphatic rings. The minimum absolute atomic E-state index is 0.0830. The monoisotopic (exact) mass is 289 g/mol. The average Bonchev–Trinajstić information content (AvgIpc) is 2.46. The number of nitrogens with one attached hydrogen (secondary N) is 1.